The van der Waals surface area contributed by atoms with Crippen LogP contribution < -0.4 is 5.32 Å². The zero-order chi connectivity index (χ0) is 21.5. The second-order valence-corrected chi connectivity index (χ2v) is 8.65. The van der Waals surface area contributed by atoms with Crippen molar-refractivity contribution in [3.05, 3.63) is 136 Å². The molecule has 1 N–H and O–H groups in total. The Labute approximate surface area is 192 Å². The van der Waals surface area contributed by atoms with E-state index in [1.54, 1.807) is 11.8 Å². The van der Waals surface area contributed by atoms with E-state index < -0.39 is 0 Å². The molecule has 0 saturated carbocycles. The first-order chi connectivity index (χ1) is 15.2. The van der Waals surface area contributed by atoms with Crippen LogP contribution in [-0.2, 0) is 5.75 Å². The van der Waals surface area contributed by atoms with Crippen LogP contribution in [0.3, 0.4) is 0 Å². The molecule has 2 nitrogen and oxygen atoms in total. The van der Waals surface area contributed by atoms with E-state index in [-0.39, 0.29) is 11.9 Å². The summed E-state index contributed by atoms with van der Waals surface area (Å²) < 4.78 is 0. The van der Waals surface area contributed by atoms with Crippen molar-refractivity contribution >= 4 is 29.3 Å². The maximum absolute atomic E-state index is 13.0. The molecular formula is C27H22ClNOS. The highest BCUT2D eigenvalue weighted by Crippen LogP contribution is 2.25. The standard InChI is InChI=1S/C27H22ClNOS/c28-24-15-17-25(18-16-24)31-19-20-11-13-23(14-12-20)27(30)29-26(21-7-3-1-4-8-21)22-9-5-2-6-10-22/h1-18,26H,19H2,(H,29,30). The fourth-order valence-electron chi connectivity index (χ4n) is 3.31. The van der Waals surface area contributed by atoms with Gasteiger partial charge in [-0.3, -0.25) is 4.79 Å². The van der Waals surface area contributed by atoms with E-state index in [2.05, 4.69) is 5.32 Å². The summed E-state index contributed by atoms with van der Waals surface area (Å²) in [4.78, 5) is 14.2. The predicted molar refractivity (Wildman–Crippen MR) is 130 cm³/mol. The zero-order valence-electron chi connectivity index (χ0n) is 16.9. The summed E-state index contributed by atoms with van der Waals surface area (Å²) in [5, 5.41) is 3.93. The monoisotopic (exact) mass is 443 g/mol. The van der Waals surface area contributed by atoms with Crippen LogP contribution in [0.25, 0.3) is 0 Å². The van der Waals surface area contributed by atoms with Gasteiger partial charge in [-0.05, 0) is 53.1 Å². The Balaban J connectivity index is 1.44. The van der Waals surface area contributed by atoms with E-state index >= 15 is 0 Å². The predicted octanol–water partition coefficient (Wildman–Crippen LogP) is 7.15. The maximum Gasteiger partial charge on any atom is 0.252 e. The Morgan fingerprint density at radius 3 is 1.84 bits per heavy atom. The highest BCUT2D eigenvalue weighted by Gasteiger charge is 2.17. The minimum absolute atomic E-state index is 0.0883. The lowest BCUT2D eigenvalue weighted by Gasteiger charge is -2.20. The highest BCUT2D eigenvalue weighted by molar-refractivity contribution is 7.98. The summed E-state index contributed by atoms with van der Waals surface area (Å²) in [6.07, 6.45) is 0. The molecule has 0 fully saturated rings. The van der Waals surface area contributed by atoms with Crippen LogP contribution in [0.4, 0.5) is 0 Å². The highest BCUT2D eigenvalue weighted by atomic mass is 35.5. The van der Waals surface area contributed by atoms with Crippen LogP contribution in [0, 0.1) is 0 Å². The number of rotatable bonds is 7. The molecule has 4 aromatic rings. The Hall–Kier alpha value is -3.01. The number of carbonyl (C=O) groups excluding carboxylic acids is 1. The largest absolute Gasteiger partial charge is 0.341 e. The number of nitrogens with one attached hydrogen (secondary N) is 1. The van der Waals surface area contributed by atoms with Gasteiger partial charge in [0.05, 0.1) is 6.04 Å². The topological polar surface area (TPSA) is 29.1 Å². The molecule has 0 atom stereocenters. The molecule has 4 heteroatoms. The maximum atomic E-state index is 13.0. The quantitative estimate of drug-likeness (QED) is 0.307. The second kappa shape index (κ2) is 10.3. The Morgan fingerprint density at radius 1 is 0.742 bits per heavy atom. The number of hydrogen-bond donors (Lipinski definition) is 1. The van der Waals surface area contributed by atoms with Gasteiger partial charge in [-0.15, -0.1) is 11.8 Å². The second-order valence-electron chi connectivity index (χ2n) is 7.17. The number of benzene rings is 4. The average Bonchev–Trinajstić information content (AvgIpc) is 2.83. The van der Waals surface area contributed by atoms with Crippen molar-refractivity contribution in [2.75, 3.05) is 0 Å². The summed E-state index contributed by atoms with van der Waals surface area (Å²) in [7, 11) is 0. The van der Waals surface area contributed by atoms with Gasteiger partial charge in [0.25, 0.3) is 5.91 Å². The Bertz CT molecular complexity index is 1070. The van der Waals surface area contributed by atoms with Gasteiger partial charge in [-0.25, -0.2) is 0 Å². The van der Waals surface area contributed by atoms with Crippen LogP contribution >= 0.6 is 23.4 Å². The summed E-state index contributed by atoms with van der Waals surface area (Å²) in [5.74, 6) is 0.745. The Kier molecular flexibility index (Phi) is 7.08. The first kappa shape index (κ1) is 21.2. The molecular weight excluding hydrogens is 422 g/mol. The molecule has 4 rings (SSSR count). The molecule has 0 aliphatic rings. The molecule has 0 saturated heterocycles. The van der Waals surface area contributed by atoms with Crippen molar-refractivity contribution in [2.45, 2.75) is 16.7 Å². The van der Waals surface area contributed by atoms with Gasteiger partial charge in [0.15, 0.2) is 0 Å². The number of thioether (sulfide) groups is 1. The molecule has 4 aromatic carbocycles. The van der Waals surface area contributed by atoms with Crippen LogP contribution in [0.5, 0.6) is 0 Å². The molecule has 0 spiro atoms. The molecule has 154 valence electrons. The van der Waals surface area contributed by atoms with E-state index in [9.17, 15) is 4.79 Å². The van der Waals surface area contributed by atoms with Crippen molar-refractivity contribution in [2.24, 2.45) is 0 Å². The molecule has 0 unspecified atom stereocenters. The number of amides is 1. The molecule has 0 bridgehead atoms. The van der Waals surface area contributed by atoms with Crippen LogP contribution in [0.1, 0.15) is 33.1 Å². The summed E-state index contributed by atoms with van der Waals surface area (Å²) in [6.45, 7) is 0. The lowest BCUT2D eigenvalue weighted by atomic mass is 9.98. The van der Waals surface area contributed by atoms with E-state index in [1.807, 2.05) is 109 Å². The van der Waals surface area contributed by atoms with Gasteiger partial charge >= 0.3 is 0 Å². The lowest BCUT2D eigenvalue weighted by molar-refractivity contribution is 0.0943. The van der Waals surface area contributed by atoms with Gasteiger partial charge in [0.1, 0.15) is 0 Å². The lowest BCUT2D eigenvalue weighted by Crippen LogP contribution is -2.29. The molecule has 0 heterocycles. The van der Waals surface area contributed by atoms with E-state index in [0.29, 0.717) is 5.56 Å². The van der Waals surface area contributed by atoms with Gasteiger partial charge < -0.3 is 5.32 Å². The van der Waals surface area contributed by atoms with Crippen molar-refractivity contribution < 1.29 is 4.79 Å². The van der Waals surface area contributed by atoms with Crippen molar-refractivity contribution in [3.8, 4) is 0 Å². The number of hydrogen-bond acceptors (Lipinski definition) is 2. The van der Waals surface area contributed by atoms with E-state index in [4.69, 9.17) is 11.6 Å². The van der Waals surface area contributed by atoms with Crippen molar-refractivity contribution in [1.82, 2.24) is 5.32 Å². The fourth-order valence-corrected chi connectivity index (χ4v) is 4.29. The van der Waals surface area contributed by atoms with Gasteiger partial charge in [0, 0.05) is 21.2 Å². The van der Waals surface area contributed by atoms with Gasteiger partial charge in [-0.2, -0.15) is 0 Å². The third kappa shape index (κ3) is 5.78. The van der Waals surface area contributed by atoms with E-state index in [0.717, 1.165) is 21.9 Å². The summed E-state index contributed by atoms with van der Waals surface area (Å²) in [6, 6.07) is 35.5. The first-order valence-electron chi connectivity index (χ1n) is 10.1. The van der Waals surface area contributed by atoms with Crippen molar-refractivity contribution in [3.63, 3.8) is 0 Å². The smallest absolute Gasteiger partial charge is 0.252 e. The third-order valence-corrected chi connectivity index (χ3v) is 6.31. The molecule has 1 amide bonds. The molecule has 0 aliphatic heterocycles. The van der Waals surface area contributed by atoms with E-state index in [1.165, 1.54) is 10.5 Å². The average molecular weight is 444 g/mol. The number of halogens is 1. The first-order valence-corrected chi connectivity index (χ1v) is 11.4. The number of carbonyl (C=O) groups is 1. The van der Waals surface area contributed by atoms with Crippen LogP contribution in [0.2, 0.25) is 5.02 Å². The molecule has 0 radical (unpaired) electrons. The van der Waals surface area contributed by atoms with Crippen LogP contribution in [-0.4, -0.2) is 5.91 Å². The molecule has 0 aromatic heterocycles. The summed E-state index contributed by atoms with van der Waals surface area (Å²) in [5.41, 5.74) is 3.92. The normalized spacial score (nSPS) is 10.8. The fraction of sp³-hybridized carbons (Fsp3) is 0.0741. The van der Waals surface area contributed by atoms with Gasteiger partial charge in [-0.1, -0.05) is 84.4 Å². The minimum atomic E-state index is -0.199. The molecule has 0 aliphatic carbocycles. The summed E-state index contributed by atoms with van der Waals surface area (Å²) >= 11 is 7.69. The van der Waals surface area contributed by atoms with Crippen LogP contribution in [0.15, 0.2) is 114 Å². The zero-order valence-corrected chi connectivity index (χ0v) is 18.4. The van der Waals surface area contributed by atoms with Gasteiger partial charge in [0.2, 0.25) is 0 Å². The van der Waals surface area contributed by atoms with Crippen molar-refractivity contribution in [1.29, 1.82) is 0 Å². The SMILES string of the molecule is O=C(NC(c1ccccc1)c1ccccc1)c1ccc(CSc2ccc(Cl)cc2)cc1. The third-order valence-electron chi connectivity index (χ3n) is 4.98. The molecule has 31 heavy (non-hydrogen) atoms. The minimum Gasteiger partial charge on any atom is -0.341 e. The Morgan fingerprint density at radius 2 is 1.29 bits per heavy atom.